The lowest BCUT2D eigenvalue weighted by Crippen LogP contribution is -2.62. The highest BCUT2D eigenvalue weighted by molar-refractivity contribution is 7.90. The second-order valence-corrected chi connectivity index (χ2v) is 8.56. The highest BCUT2D eigenvalue weighted by atomic mass is 32.2. The van der Waals surface area contributed by atoms with Crippen molar-refractivity contribution in [3.63, 3.8) is 0 Å². The molecule has 5 nitrogen and oxygen atoms in total. The molecule has 20 heavy (non-hydrogen) atoms. The highest BCUT2D eigenvalue weighted by Crippen LogP contribution is 2.28. The summed E-state index contributed by atoms with van der Waals surface area (Å²) in [4.78, 5) is 2.45. The minimum Gasteiger partial charge on any atom is -0.392 e. The topological polar surface area (TPSA) is 75.4 Å². The van der Waals surface area contributed by atoms with Crippen molar-refractivity contribution >= 4 is 27.2 Å². The lowest BCUT2D eigenvalue weighted by Gasteiger charge is -2.41. The van der Waals surface area contributed by atoms with E-state index in [4.69, 9.17) is 18.0 Å². The number of hydrogen-bond donors (Lipinski definition) is 2. The number of nitrogens with one attached hydrogen (secondary N) is 1. The maximum absolute atomic E-state index is 12.6. The van der Waals surface area contributed by atoms with Crippen LogP contribution in [0, 0.1) is 0 Å². The van der Waals surface area contributed by atoms with Crippen LogP contribution in [0.3, 0.4) is 0 Å². The molecule has 0 unspecified atom stereocenters. The van der Waals surface area contributed by atoms with Crippen molar-refractivity contribution in [2.75, 3.05) is 20.1 Å². The number of sulfonamides is 1. The third-order valence-corrected chi connectivity index (χ3v) is 7.06. The highest BCUT2D eigenvalue weighted by Gasteiger charge is 2.42. The van der Waals surface area contributed by atoms with Gasteiger partial charge in [-0.15, -0.1) is 0 Å². The first-order chi connectivity index (χ1) is 9.36. The molecular weight excluding hydrogens is 294 g/mol. The van der Waals surface area contributed by atoms with Gasteiger partial charge in [-0.25, -0.2) is 13.1 Å². The van der Waals surface area contributed by atoms with Gasteiger partial charge in [-0.3, -0.25) is 0 Å². The Kier molecular flexibility index (Phi) is 5.05. The minimum absolute atomic E-state index is 0.276. The SMILES string of the molecule is CN1CCC(NS(=O)(=O)C2CCCCC2)(C(N)=S)CC1. The summed E-state index contributed by atoms with van der Waals surface area (Å²) >= 11 is 5.17. The van der Waals surface area contributed by atoms with Crippen LogP contribution in [-0.4, -0.2) is 49.2 Å². The normalized spacial score (nSPS) is 25.4. The van der Waals surface area contributed by atoms with Crippen LogP contribution in [-0.2, 0) is 10.0 Å². The molecule has 7 heteroatoms. The Hall–Kier alpha value is -0.240. The Morgan fingerprint density at radius 3 is 2.30 bits per heavy atom. The van der Waals surface area contributed by atoms with E-state index in [1.165, 1.54) is 0 Å². The molecule has 0 aromatic heterocycles. The van der Waals surface area contributed by atoms with E-state index in [0.717, 1.165) is 45.2 Å². The Morgan fingerprint density at radius 1 is 1.25 bits per heavy atom. The maximum atomic E-state index is 12.6. The molecule has 0 aromatic carbocycles. The fourth-order valence-electron chi connectivity index (χ4n) is 3.13. The van der Waals surface area contributed by atoms with Crippen LogP contribution in [0.5, 0.6) is 0 Å². The number of piperidine rings is 1. The van der Waals surface area contributed by atoms with Crippen LogP contribution < -0.4 is 10.5 Å². The zero-order valence-corrected chi connectivity index (χ0v) is 13.7. The van der Waals surface area contributed by atoms with Crippen molar-refractivity contribution in [3.8, 4) is 0 Å². The van der Waals surface area contributed by atoms with Gasteiger partial charge in [0.25, 0.3) is 0 Å². The molecule has 3 N–H and O–H groups in total. The quantitative estimate of drug-likeness (QED) is 0.756. The Bertz CT molecular complexity index is 450. The summed E-state index contributed by atoms with van der Waals surface area (Å²) in [6, 6.07) is 0. The van der Waals surface area contributed by atoms with Crippen molar-refractivity contribution in [2.45, 2.75) is 55.7 Å². The number of rotatable bonds is 4. The van der Waals surface area contributed by atoms with Crippen LogP contribution in [0.1, 0.15) is 44.9 Å². The van der Waals surface area contributed by atoms with Gasteiger partial charge >= 0.3 is 0 Å². The van der Waals surface area contributed by atoms with E-state index >= 15 is 0 Å². The van der Waals surface area contributed by atoms with Crippen molar-refractivity contribution < 1.29 is 8.42 Å². The lowest BCUT2D eigenvalue weighted by molar-refractivity contribution is 0.220. The number of likely N-dealkylation sites (tertiary alicyclic amines) is 1. The third kappa shape index (κ3) is 3.50. The molecule has 2 aliphatic rings. The first-order valence-electron chi connectivity index (χ1n) is 7.37. The summed E-state index contributed by atoms with van der Waals surface area (Å²) in [7, 11) is -1.31. The van der Waals surface area contributed by atoms with Crippen molar-refractivity contribution in [2.24, 2.45) is 5.73 Å². The largest absolute Gasteiger partial charge is 0.392 e. The fourth-order valence-corrected chi connectivity index (χ4v) is 5.43. The molecule has 1 aliphatic heterocycles. The van der Waals surface area contributed by atoms with E-state index in [1.807, 2.05) is 7.05 Å². The van der Waals surface area contributed by atoms with Gasteiger partial charge in [0, 0.05) is 13.1 Å². The molecule has 1 aliphatic carbocycles. The summed E-state index contributed by atoms with van der Waals surface area (Å²) in [5.41, 5.74) is 5.15. The zero-order chi connectivity index (χ0) is 14.8. The molecule has 0 aromatic rings. The molecule has 0 radical (unpaired) electrons. The van der Waals surface area contributed by atoms with Gasteiger partial charge in [0.2, 0.25) is 10.0 Å². The standard InChI is InChI=1S/C13H25N3O2S2/c1-16-9-7-13(8-10-16,12(14)19)15-20(17,18)11-5-3-2-4-6-11/h11,15H,2-10H2,1H3,(H2,14,19). The maximum Gasteiger partial charge on any atom is 0.215 e. The number of nitrogens with zero attached hydrogens (tertiary/aromatic N) is 1. The minimum atomic E-state index is -3.34. The molecule has 2 fully saturated rings. The van der Waals surface area contributed by atoms with E-state index < -0.39 is 15.6 Å². The molecule has 2 rings (SSSR count). The molecule has 0 amide bonds. The Balaban J connectivity index is 2.13. The zero-order valence-electron chi connectivity index (χ0n) is 12.1. The first kappa shape index (κ1) is 16.1. The summed E-state index contributed by atoms with van der Waals surface area (Å²) in [6.07, 6.45) is 5.95. The lowest BCUT2D eigenvalue weighted by atomic mass is 9.89. The van der Waals surface area contributed by atoms with Gasteiger partial charge in [0.15, 0.2) is 0 Å². The van der Waals surface area contributed by atoms with Crippen LogP contribution in [0.2, 0.25) is 0 Å². The van der Waals surface area contributed by atoms with Gasteiger partial charge in [-0.1, -0.05) is 31.5 Å². The van der Waals surface area contributed by atoms with Crippen molar-refractivity contribution in [1.29, 1.82) is 0 Å². The smallest absolute Gasteiger partial charge is 0.215 e. The summed E-state index contributed by atoms with van der Waals surface area (Å²) in [5.74, 6) is 0. The molecule has 1 saturated heterocycles. The van der Waals surface area contributed by atoms with E-state index in [-0.39, 0.29) is 10.2 Å². The van der Waals surface area contributed by atoms with Gasteiger partial charge in [0.1, 0.15) is 0 Å². The van der Waals surface area contributed by atoms with Crippen molar-refractivity contribution in [1.82, 2.24) is 9.62 Å². The van der Waals surface area contributed by atoms with Crippen LogP contribution in [0.25, 0.3) is 0 Å². The monoisotopic (exact) mass is 319 g/mol. The number of thiocarbonyl (C=S) groups is 1. The van der Waals surface area contributed by atoms with Crippen LogP contribution >= 0.6 is 12.2 Å². The van der Waals surface area contributed by atoms with Crippen LogP contribution in [0.4, 0.5) is 0 Å². The van der Waals surface area contributed by atoms with E-state index in [0.29, 0.717) is 12.8 Å². The summed E-state index contributed by atoms with van der Waals surface area (Å²) in [6.45, 7) is 1.62. The van der Waals surface area contributed by atoms with Gasteiger partial charge < -0.3 is 10.6 Å². The van der Waals surface area contributed by atoms with Crippen LogP contribution in [0.15, 0.2) is 0 Å². The Labute approximate surface area is 127 Å². The molecule has 0 bridgehead atoms. The first-order valence-corrected chi connectivity index (χ1v) is 9.32. The molecular formula is C13H25N3O2S2. The predicted molar refractivity (Wildman–Crippen MR) is 85.2 cm³/mol. The Morgan fingerprint density at radius 2 is 1.80 bits per heavy atom. The predicted octanol–water partition coefficient (Wildman–Crippen LogP) is 0.989. The van der Waals surface area contributed by atoms with E-state index in [2.05, 4.69) is 9.62 Å². The second-order valence-electron chi connectivity index (χ2n) is 6.16. The molecule has 1 heterocycles. The average molecular weight is 319 g/mol. The number of hydrogen-bond acceptors (Lipinski definition) is 4. The summed E-state index contributed by atoms with van der Waals surface area (Å²) in [5, 5.41) is -0.276. The molecule has 0 atom stereocenters. The van der Waals surface area contributed by atoms with Gasteiger partial charge in [0.05, 0.1) is 15.8 Å². The molecule has 116 valence electrons. The fraction of sp³-hybridized carbons (Fsp3) is 0.923. The summed E-state index contributed by atoms with van der Waals surface area (Å²) < 4.78 is 28.1. The van der Waals surface area contributed by atoms with E-state index in [9.17, 15) is 8.42 Å². The second kappa shape index (κ2) is 6.25. The molecule has 0 spiro atoms. The third-order valence-electron chi connectivity index (χ3n) is 4.64. The van der Waals surface area contributed by atoms with Gasteiger partial charge in [-0.05, 0) is 32.7 Å². The number of nitrogens with two attached hydrogens (primary N) is 1. The average Bonchev–Trinajstić information content (AvgIpc) is 2.42. The molecule has 1 saturated carbocycles. The van der Waals surface area contributed by atoms with Crippen molar-refractivity contribution in [3.05, 3.63) is 0 Å². The van der Waals surface area contributed by atoms with E-state index in [1.54, 1.807) is 0 Å². The van der Waals surface area contributed by atoms with Gasteiger partial charge in [-0.2, -0.15) is 0 Å².